The van der Waals surface area contributed by atoms with Crippen molar-refractivity contribution in [3.63, 3.8) is 0 Å². The normalized spacial score (nSPS) is 13.8. The fourth-order valence-electron chi connectivity index (χ4n) is 4.62. The fourth-order valence-corrected chi connectivity index (χ4v) is 4.62. The van der Waals surface area contributed by atoms with E-state index in [1.54, 1.807) is 35.8 Å². The highest BCUT2D eigenvalue weighted by molar-refractivity contribution is 5.92. The zero-order valence-electron chi connectivity index (χ0n) is 24.4. The molecule has 1 saturated heterocycles. The number of anilines is 2. The first-order valence-corrected chi connectivity index (χ1v) is 14.1. The second-order valence-corrected chi connectivity index (χ2v) is 10.2. The number of amides is 2. The number of alkyl halides is 3. The number of rotatable bonds is 7. The molecule has 0 atom stereocenters. The van der Waals surface area contributed by atoms with E-state index >= 15 is 0 Å². The van der Waals surface area contributed by atoms with Crippen LogP contribution in [0.25, 0.3) is 22.5 Å². The number of benzene rings is 2. The van der Waals surface area contributed by atoms with Gasteiger partial charge in [-0.1, -0.05) is 12.1 Å². The third kappa shape index (κ3) is 6.57. The number of ether oxygens (including phenoxy) is 1. The van der Waals surface area contributed by atoms with E-state index < -0.39 is 17.8 Å². The summed E-state index contributed by atoms with van der Waals surface area (Å²) in [5.41, 5.74) is 2.10. The number of aliphatic imine (C=N–C) groups is 2. The first kappa shape index (κ1) is 30.1. The van der Waals surface area contributed by atoms with Crippen molar-refractivity contribution in [2.45, 2.75) is 19.5 Å². The second kappa shape index (κ2) is 12.6. The Bertz CT molecular complexity index is 1940. The van der Waals surface area contributed by atoms with Crippen LogP contribution in [0.1, 0.15) is 18.9 Å². The predicted octanol–water partition coefficient (Wildman–Crippen LogP) is 5.93. The molecule has 15 heteroatoms. The van der Waals surface area contributed by atoms with Gasteiger partial charge in [-0.3, -0.25) is 0 Å². The van der Waals surface area contributed by atoms with Crippen LogP contribution in [-0.4, -0.2) is 56.2 Å². The van der Waals surface area contributed by atoms with Crippen molar-refractivity contribution in [1.29, 1.82) is 0 Å². The van der Waals surface area contributed by atoms with Gasteiger partial charge >= 0.3 is 18.2 Å². The summed E-state index contributed by atoms with van der Waals surface area (Å²) >= 11 is 0. The van der Waals surface area contributed by atoms with Crippen LogP contribution in [0.3, 0.4) is 0 Å². The van der Waals surface area contributed by atoms with Crippen LogP contribution in [0.15, 0.2) is 101 Å². The number of urea groups is 1. The van der Waals surface area contributed by atoms with Gasteiger partial charge in [0.25, 0.3) is 0 Å². The highest BCUT2D eigenvalue weighted by Gasteiger charge is 2.31. The van der Waals surface area contributed by atoms with Crippen LogP contribution in [0.4, 0.5) is 29.5 Å². The predicted molar refractivity (Wildman–Crippen MR) is 167 cm³/mol. The molecule has 0 unspecified atom stereocenters. The zero-order chi connectivity index (χ0) is 32.3. The molecule has 3 aromatic heterocycles. The van der Waals surface area contributed by atoms with Crippen molar-refractivity contribution in [3.05, 3.63) is 96.8 Å². The number of halogens is 3. The van der Waals surface area contributed by atoms with Gasteiger partial charge in [-0.2, -0.15) is 23.4 Å². The van der Waals surface area contributed by atoms with E-state index in [1.807, 2.05) is 24.4 Å². The maximum atomic E-state index is 13.3. The van der Waals surface area contributed by atoms with Crippen molar-refractivity contribution in [3.8, 4) is 22.6 Å². The number of carbonyl (C=O) groups is 1. The number of allylic oxidation sites excluding steroid dienone is 1. The lowest BCUT2D eigenvalue weighted by Crippen LogP contribution is -2.37. The minimum Gasteiger partial charge on any atom is -0.424 e. The van der Waals surface area contributed by atoms with E-state index in [0.717, 1.165) is 60.3 Å². The van der Waals surface area contributed by atoms with E-state index in [1.165, 1.54) is 23.3 Å². The standard InChI is InChI=1S/C31H27F3N10O2/c1-20(39-29(45)40-25-10-7-22(31(32,33)34)17-26(25)43-15-3-12-37-43)18-36-30(35-2)46-23-8-5-21(6-9-23)24-19-38-44-16-11-27(41-28(24)44)42-13-4-14-42/h3,5-12,15-19H,2,4,13-14H2,1H3,(H2,39,40,45)/b20-18+,36-30?. The van der Waals surface area contributed by atoms with Crippen LogP contribution >= 0.6 is 0 Å². The average molecular weight is 629 g/mol. The third-order valence-electron chi connectivity index (χ3n) is 7.05. The maximum Gasteiger partial charge on any atom is 0.416 e. The monoisotopic (exact) mass is 628 g/mol. The number of hydrogen-bond donors (Lipinski definition) is 2. The van der Waals surface area contributed by atoms with Gasteiger partial charge in [-0.05, 0) is 68.1 Å². The fraction of sp³-hybridized carbons (Fsp3) is 0.161. The van der Waals surface area contributed by atoms with E-state index in [2.05, 4.69) is 42.4 Å². The summed E-state index contributed by atoms with van der Waals surface area (Å²) in [6.07, 6.45) is 4.45. The Morgan fingerprint density at radius 2 is 1.89 bits per heavy atom. The molecule has 1 aliphatic rings. The van der Waals surface area contributed by atoms with Crippen molar-refractivity contribution in [2.75, 3.05) is 23.3 Å². The number of aromatic nitrogens is 5. The van der Waals surface area contributed by atoms with E-state index in [0.29, 0.717) is 11.4 Å². The molecular formula is C31H27F3N10O2. The van der Waals surface area contributed by atoms with Gasteiger partial charge in [0, 0.05) is 42.9 Å². The van der Waals surface area contributed by atoms with Gasteiger partial charge in [-0.15, -0.1) is 0 Å². The third-order valence-corrected chi connectivity index (χ3v) is 7.05. The lowest BCUT2D eigenvalue weighted by Gasteiger charge is -2.31. The maximum absolute atomic E-state index is 13.3. The van der Waals surface area contributed by atoms with Crippen molar-refractivity contribution < 1.29 is 22.7 Å². The molecule has 2 aromatic carbocycles. The Kier molecular flexibility index (Phi) is 8.20. The highest BCUT2D eigenvalue weighted by Crippen LogP contribution is 2.33. The van der Waals surface area contributed by atoms with Crippen LogP contribution in [-0.2, 0) is 6.18 Å². The molecule has 0 bridgehead atoms. The summed E-state index contributed by atoms with van der Waals surface area (Å²) in [5.74, 6) is 1.37. The van der Waals surface area contributed by atoms with Crippen molar-refractivity contribution in [2.24, 2.45) is 9.98 Å². The molecule has 0 spiro atoms. The molecule has 2 amide bonds. The summed E-state index contributed by atoms with van der Waals surface area (Å²) in [6.45, 7) is 7.05. The molecule has 5 aromatic rings. The minimum atomic E-state index is -4.56. The average Bonchev–Trinajstić information content (AvgIpc) is 3.69. The molecule has 6 rings (SSSR count). The molecule has 12 nitrogen and oxygen atoms in total. The smallest absolute Gasteiger partial charge is 0.416 e. The number of amidine groups is 1. The Labute approximate surface area is 260 Å². The Morgan fingerprint density at radius 1 is 1.09 bits per heavy atom. The Morgan fingerprint density at radius 3 is 2.57 bits per heavy atom. The molecule has 234 valence electrons. The van der Waals surface area contributed by atoms with E-state index in [4.69, 9.17) is 9.72 Å². The van der Waals surface area contributed by atoms with Gasteiger partial charge in [0.2, 0.25) is 0 Å². The quantitative estimate of drug-likeness (QED) is 0.170. The Hall–Kier alpha value is -5.99. The van der Waals surface area contributed by atoms with Crippen molar-refractivity contribution in [1.82, 2.24) is 29.7 Å². The molecule has 0 radical (unpaired) electrons. The number of carbonyl (C=O) groups excluding carboxylic acids is 1. The zero-order valence-corrected chi connectivity index (χ0v) is 24.4. The summed E-state index contributed by atoms with van der Waals surface area (Å²) in [7, 11) is 0. The highest BCUT2D eigenvalue weighted by atomic mass is 19.4. The molecule has 0 saturated carbocycles. The molecule has 0 aliphatic carbocycles. The van der Waals surface area contributed by atoms with Gasteiger partial charge in [0.15, 0.2) is 5.65 Å². The second-order valence-electron chi connectivity index (χ2n) is 10.2. The first-order chi connectivity index (χ1) is 22.2. The van der Waals surface area contributed by atoms with E-state index in [9.17, 15) is 18.0 Å². The molecule has 2 N–H and O–H groups in total. The number of nitrogens with zero attached hydrogens (tertiary/aromatic N) is 8. The summed E-state index contributed by atoms with van der Waals surface area (Å²) in [4.78, 5) is 27.6. The van der Waals surface area contributed by atoms with E-state index in [-0.39, 0.29) is 17.4 Å². The summed E-state index contributed by atoms with van der Waals surface area (Å²) in [6, 6.07) is 12.9. The first-order valence-electron chi connectivity index (χ1n) is 14.1. The topological polar surface area (TPSA) is 126 Å². The van der Waals surface area contributed by atoms with Gasteiger partial charge in [-0.25, -0.2) is 29.0 Å². The summed E-state index contributed by atoms with van der Waals surface area (Å²) in [5, 5.41) is 13.5. The van der Waals surface area contributed by atoms with Crippen LogP contribution in [0, 0.1) is 0 Å². The SMILES string of the molecule is C=NC(=N/C=C(\C)NC(=O)Nc1ccc(C(F)(F)F)cc1-n1cccn1)Oc1ccc(-c2cnn3ccc(N4CCC4)nc23)cc1. The Balaban J connectivity index is 1.11. The molecule has 1 aliphatic heterocycles. The molecule has 4 heterocycles. The lowest BCUT2D eigenvalue weighted by atomic mass is 10.1. The lowest BCUT2D eigenvalue weighted by molar-refractivity contribution is -0.137. The van der Waals surface area contributed by atoms with Crippen LogP contribution in [0.2, 0.25) is 0 Å². The van der Waals surface area contributed by atoms with Crippen LogP contribution < -0.4 is 20.3 Å². The largest absolute Gasteiger partial charge is 0.424 e. The number of fused-ring (bicyclic) bond motifs is 1. The van der Waals surface area contributed by atoms with Gasteiger partial charge in [0.1, 0.15) is 11.6 Å². The summed E-state index contributed by atoms with van der Waals surface area (Å²) < 4.78 is 48.6. The minimum absolute atomic E-state index is 0.0430. The number of hydrogen-bond acceptors (Lipinski definition) is 7. The molecular weight excluding hydrogens is 601 g/mol. The van der Waals surface area contributed by atoms with Crippen molar-refractivity contribution >= 4 is 35.9 Å². The number of nitrogens with one attached hydrogen (secondary N) is 2. The van der Waals surface area contributed by atoms with Crippen LogP contribution in [0.5, 0.6) is 5.75 Å². The van der Waals surface area contributed by atoms with Gasteiger partial charge in [0.05, 0.1) is 29.3 Å². The van der Waals surface area contributed by atoms with Gasteiger partial charge < -0.3 is 20.3 Å². The molecule has 1 fully saturated rings. The molecule has 46 heavy (non-hydrogen) atoms.